The molecule has 0 radical (unpaired) electrons. The van der Waals surface area contributed by atoms with Crippen LogP contribution in [-0.2, 0) is 10.0 Å². The summed E-state index contributed by atoms with van der Waals surface area (Å²) in [7, 11) is -3.50. The molecule has 1 aliphatic rings. The predicted octanol–water partition coefficient (Wildman–Crippen LogP) is 1.54. The minimum absolute atomic E-state index is 0.0741. The highest BCUT2D eigenvalue weighted by Crippen LogP contribution is 2.30. The van der Waals surface area contributed by atoms with Crippen LogP contribution in [0, 0.1) is 0 Å². The van der Waals surface area contributed by atoms with Gasteiger partial charge >= 0.3 is 0 Å². The number of hydrogen-bond acceptors (Lipinski definition) is 4. The summed E-state index contributed by atoms with van der Waals surface area (Å²) in [6.45, 7) is 2.55. The summed E-state index contributed by atoms with van der Waals surface area (Å²) >= 11 is 0. The first kappa shape index (κ1) is 13.2. The van der Waals surface area contributed by atoms with Gasteiger partial charge in [0, 0.05) is 12.6 Å². The van der Waals surface area contributed by atoms with E-state index in [9.17, 15) is 13.5 Å². The Labute approximate surface area is 107 Å². The quantitative estimate of drug-likeness (QED) is 0.644. The van der Waals surface area contributed by atoms with Gasteiger partial charge in [0.25, 0.3) is 0 Å². The first-order valence-electron chi connectivity index (χ1n) is 6.07. The van der Waals surface area contributed by atoms with Crippen molar-refractivity contribution < 1.29 is 13.5 Å². The molecule has 6 heteroatoms. The van der Waals surface area contributed by atoms with Crippen molar-refractivity contribution in [3.8, 4) is 5.75 Å². The normalized spacial score (nSPS) is 21.3. The highest BCUT2D eigenvalue weighted by atomic mass is 32.2. The van der Waals surface area contributed by atoms with Crippen LogP contribution < -0.4 is 5.73 Å². The average Bonchev–Trinajstić information content (AvgIpc) is 2.81. The Morgan fingerprint density at radius 1 is 1.50 bits per heavy atom. The minimum Gasteiger partial charge on any atom is -0.506 e. The van der Waals surface area contributed by atoms with Gasteiger partial charge < -0.3 is 10.8 Å². The molecule has 1 heterocycles. The molecule has 0 spiro atoms. The molecule has 100 valence electrons. The van der Waals surface area contributed by atoms with E-state index in [-0.39, 0.29) is 22.4 Å². The number of phenolic OH excluding ortho intramolecular Hbond substituents is 1. The van der Waals surface area contributed by atoms with Crippen molar-refractivity contribution in [1.82, 2.24) is 4.31 Å². The van der Waals surface area contributed by atoms with Crippen LogP contribution in [0.5, 0.6) is 5.75 Å². The van der Waals surface area contributed by atoms with E-state index in [0.29, 0.717) is 6.54 Å². The molecule has 0 aromatic heterocycles. The van der Waals surface area contributed by atoms with Gasteiger partial charge in [-0.1, -0.05) is 6.92 Å². The largest absolute Gasteiger partial charge is 0.506 e. The number of nitrogens with zero attached hydrogens (tertiary/aromatic N) is 1. The lowest BCUT2D eigenvalue weighted by atomic mass is 10.2. The number of nitrogen functional groups attached to an aromatic ring is 1. The zero-order chi connectivity index (χ0) is 13.3. The number of nitrogens with two attached hydrogens (primary N) is 1. The third-order valence-electron chi connectivity index (χ3n) is 3.40. The van der Waals surface area contributed by atoms with E-state index in [4.69, 9.17) is 5.73 Å². The van der Waals surface area contributed by atoms with Crippen LogP contribution in [0.2, 0.25) is 0 Å². The molecule has 0 aliphatic carbocycles. The van der Waals surface area contributed by atoms with Crippen molar-refractivity contribution in [2.24, 2.45) is 0 Å². The molecule has 5 nitrogen and oxygen atoms in total. The molecular weight excluding hydrogens is 252 g/mol. The fourth-order valence-electron chi connectivity index (χ4n) is 2.36. The molecule has 1 saturated heterocycles. The summed E-state index contributed by atoms with van der Waals surface area (Å²) in [6.07, 6.45) is 2.61. The van der Waals surface area contributed by atoms with E-state index in [1.165, 1.54) is 18.2 Å². The van der Waals surface area contributed by atoms with Crippen LogP contribution in [-0.4, -0.2) is 30.4 Å². The summed E-state index contributed by atoms with van der Waals surface area (Å²) < 4.78 is 26.5. The summed E-state index contributed by atoms with van der Waals surface area (Å²) in [5.41, 5.74) is 5.64. The highest BCUT2D eigenvalue weighted by molar-refractivity contribution is 7.89. The number of aromatic hydroxyl groups is 1. The standard InChI is InChI=1S/C12H18N2O3S/c1-2-9-4-3-7-14(9)18(16,17)10-5-6-12(15)11(13)8-10/h5-6,8-9,15H,2-4,7,13H2,1H3. The minimum atomic E-state index is -3.50. The zero-order valence-electron chi connectivity index (χ0n) is 10.3. The van der Waals surface area contributed by atoms with Crippen LogP contribution in [0.3, 0.4) is 0 Å². The van der Waals surface area contributed by atoms with Crippen LogP contribution in [0.1, 0.15) is 26.2 Å². The van der Waals surface area contributed by atoms with Gasteiger partial charge in [0.05, 0.1) is 10.6 Å². The van der Waals surface area contributed by atoms with Crippen molar-refractivity contribution >= 4 is 15.7 Å². The average molecular weight is 270 g/mol. The molecule has 1 atom stereocenters. The molecule has 0 saturated carbocycles. The van der Waals surface area contributed by atoms with E-state index in [1.54, 1.807) is 4.31 Å². The van der Waals surface area contributed by atoms with Crippen molar-refractivity contribution in [2.45, 2.75) is 37.1 Å². The van der Waals surface area contributed by atoms with Gasteiger partial charge in [0.2, 0.25) is 10.0 Å². The first-order valence-corrected chi connectivity index (χ1v) is 7.51. The van der Waals surface area contributed by atoms with E-state index in [1.807, 2.05) is 6.92 Å². The Kier molecular flexibility index (Phi) is 3.49. The van der Waals surface area contributed by atoms with Crippen molar-refractivity contribution in [3.63, 3.8) is 0 Å². The van der Waals surface area contributed by atoms with E-state index >= 15 is 0 Å². The van der Waals surface area contributed by atoms with Crippen molar-refractivity contribution in [1.29, 1.82) is 0 Å². The summed E-state index contributed by atoms with van der Waals surface area (Å²) in [5.74, 6) is -0.0950. The van der Waals surface area contributed by atoms with Crippen LogP contribution in [0.25, 0.3) is 0 Å². The molecule has 1 aromatic carbocycles. The second kappa shape index (κ2) is 4.78. The molecule has 3 N–H and O–H groups in total. The lowest BCUT2D eigenvalue weighted by molar-refractivity contribution is 0.379. The highest BCUT2D eigenvalue weighted by Gasteiger charge is 2.34. The number of hydrogen-bond donors (Lipinski definition) is 2. The summed E-state index contributed by atoms with van der Waals surface area (Å²) in [5, 5.41) is 9.34. The van der Waals surface area contributed by atoms with Gasteiger partial charge in [0.15, 0.2) is 0 Å². The molecule has 2 rings (SSSR count). The lowest BCUT2D eigenvalue weighted by Gasteiger charge is -2.23. The molecule has 0 bridgehead atoms. The fourth-order valence-corrected chi connectivity index (χ4v) is 4.17. The molecular formula is C12H18N2O3S. The van der Waals surface area contributed by atoms with Crippen LogP contribution >= 0.6 is 0 Å². The molecule has 1 unspecified atom stereocenters. The molecule has 18 heavy (non-hydrogen) atoms. The van der Waals surface area contributed by atoms with Gasteiger partial charge in [-0.05, 0) is 37.5 Å². The fraction of sp³-hybridized carbons (Fsp3) is 0.500. The maximum Gasteiger partial charge on any atom is 0.243 e. The van der Waals surface area contributed by atoms with Gasteiger partial charge in [-0.15, -0.1) is 0 Å². The van der Waals surface area contributed by atoms with Gasteiger partial charge in [-0.25, -0.2) is 8.42 Å². The predicted molar refractivity (Wildman–Crippen MR) is 69.7 cm³/mol. The van der Waals surface area contributed by atoms with Gasteiger partial charge in [-0.2, -0.15) is 4.31 Å². The number of phenols is 1. The number of anilines is 1. The summed E-state index contributed by atoms with van der Waals surface area (Å²) in [4.78, 5) is 0.151. The molecule has 1 aromatic rings. The van der Waals surface area contributed by atoms with E-state index < -0.39 is 10.0 Å². The Balaban J connectivity index is 2.38. The van der Waals surface area contributed by atoms with Crippen molar-refractivity contribution in [3.05, 3.63) is 18.2 Å². The maximum absolute atomic E-state index is 12.5. The molecule has 1 aliphatic heterocycles. The summed E-state index contributed by atoms with van der Waals surface area (Å²) in [6, 6.07) is 4.10. The van der Waals surface area contributed by atoms with Crippen LogP contribution in [0.4, 0.5) is 5.69 Å². The lowest BCUT2D eigenvalue weighted by Crippen LogP contribution is -2.35. The smallest absolute Gasteiger partial charge is 0.243 e. The Morgan fingerprint density at radius 2 is 2.22 bits per heavy atom. The van der Waals surface area contributed by atoms with Gasteiger partial charge in [0.1, 0.15) is 5.75 Å². The molecule has 0 amide bonds. The number of sulfonamides is 1. The zero-order valence-corrected chi connectivity index (χ0v) is 11.2. The Morgan fingerprint density at radius 3 is 2.83 bits per heavy atom. The van der Waals surface area contributed by atoms with E-state index in [2.05, 4.69) is 0 Å². The number of rotatable bonds is 3. The Hall–Kier alpha value is -1.27. The second-order valence-electron chi connectivity index (χ2n) is 4.54. The topological polar surface area (TPSA) is 83.6 Å². The number of benzene rings is 1. The maximum atomic E-state index is 12.5. The molecule has 1 fully saturated rings. The van der Waals surface area contributed by atoms with Gasteiger partial charge in [-0.3, -0.25) is 0 Å². The second-order valence-corrected chi connectivity index (χ2v) is 6.43. The SMILES string of the molecule is CCC1CCCN1S(=O)(=O)c1ccc(O)c(N)c1. The third kappa shape index (κ3) is 2.18. The third-order valence-corrected chi connectivity index (χ3v) is 5.35. The van der Waals surface area contributed by atoms with Crippen LogP contribution in [0.15, 0.2) is 23.1 Å². The van der Waals surface area contributed by atoms with Crippen molar-refractivity contribution in [2.75, 3.05) is 12.3 Å². The monoisotopic (exact) mass is 270 g/mol. The Bertz CT molecular complexity index is 542. The van der Waals surface area contributed by atoms with E-state index in [0.717, 1.165) is 19.3 Å². The first-order chi connectivity index (χ1) is 8.46.